The smallest absolute Gasteiger partial charge is 0.349 e. The number of benzene rings is 2. The third kappa shape index (κ3) is 4.77. The normalized spacial score (nSPS) is 12.0. The molecule has 2 aromatic carbocycles. The molecule has 3 rings (SSSR count). The highest BCUT2D eigenvalue weighted by Gasteiger charge is 2.18. The number of hydrogen-bond acceptors (Lipinski definition) is 5. The van der Waals surface area contributed by atoms with Crippen LogP contribution in [0.4, 0.5) is 0 Å². The highest BCUT2D eigenvalue weighted by molar-refractivity contribution is 5.96. The lowest BCUT2D eigenvalue weighted by atomic mass is 10.1. The molecule has 0 saturated carbocycles. The average molecular weight is 395 g/mol. The molecular weight excluding hydrogens is 370 g/mol. The summed E-state index contributed by atoms with van der Waals surface area (Å²) in [4.78, 5) is 24.9. The SMILES string of the molecule is COc1cc(C(C)NC(=O)c2cc3ccccc3oc2=O)ccc1OCC(C)C. The van der Waals surface area contributed by atoms with E-state index < -0.39 is 11.5 Å². The molecule has 1 unspecified atom stereocenters. The zero-order valence-electron chi connectivity index (χ0n) is 17.0. The fourth-order valence-corrected chi connectivity index (χ4v) is 2.91. The standard InChI is InChI=1S/C23H25NO5/c1-14(2)13-28-20-10-9-16(12-21(20)27-4)15(3)24-22(25)18-11-17-7-5-6-8-19(17)29-23(18)26/h5-12,14-15H,13H2,1-4H3,(H,24,25). The maximum atomic E-state index is 12.7. The molecule has 1 aromatic heterocycles. The second kappa shape index (κ2) is 8.82. The van der Waals surface area contributed by atoms with Crippen LogP contribution in [0.5, 0.6) is 11.5 Å². The molecule has 1 heterocycles. The van der Waals surface area contributed by atoms with E-state index in [9.17, 15) is 9.59 Å². The van der Waals surface area contributed by atoms with Gasteiger partial charge in [-0.3, -0.25) is 4.79 Å². The quantitative estimate of drug-likeness (QED) is 0.603. The van der Waals surface area contributed by atoms with Crippen molar-refractivity contribution in [2.75, 3.05) is 13.7 Å². The fraction of sp³-hybridized carbons (Fsp3) is 0.304. The first kappa shape index (κ1) is 20.5. The van der Waals surface area contributed by atoms with Crippen LogP contribution in [-0.2, 0) is 0 Å². The van der Waals surface area contributed by atoms with Crippen molar-refractivity contribution in [2.24, 2.45) is 5.92 Å². The van der Waals surface area contributed by atoms with Gasteiger partial charge in [-0.15, -0.1) is 0 Å². The molecule has 152 valence electrons. The summed E-state index contributed by atoms with van der Waals surface area (Å²) in [5, 5.41) is 3.54. The summed E-state index contributed by atoms with van der Waals surface area (Å²) in [6.45, 7) is 6.56. The van der Waals surface area contributed by atoms with E-state index in [4.69, 9.17) is 13.9 Å². The van der Waals surface area contributed by atoms with Gasteiger partial charge in [-0.1, -0.05) is 38.1 Å². The van der Waals surface area contributed by atoms with E-state index in [1.165, 1.54) is 0 Å². The Hall–Kier alpha value is -3.28. The third-order valence-electron chi connectivity index (χ3n) is 4.49. The molecule has 0 fully saturated rings. The lowest BCUT2D eigenvalue weighted by Crippen LogP contribution is -2.30. The average Bonchev–Trinajstić information content (AvgIpc) is 2.71. The molecule has 29 heavy (non-hydrogen) atoms. The number of hydrogen-bond donors (Lipinski definition) is 1. The van der Waals surface area contributed by atoms with Gasteiger partial charge in [0.2, 0.25) is 0 Å². The third-order valence-corrected chi connectivity index (χ3v) is 4.49. The molecular formula is C23H25NO5. The van der Waals surface area contributed by atoms with Crippen molar-refractivity contribution >= 4 is 16.9 Å². The second-order valence-electron chi connectivity index (χ2n) is 7.30. The first-order valence-electron chi connectivity index (χ1n) is 9.53. The highest BCUT2D eigenvalue weighted by Crippen LogP contribution is 2.30. The molecule has 0 saturated heterocycles. The molecule has 6 heteroatoms. The van der Waals surface area contributed by atoms with Gasteiger partial charge in [0.05, 0.1) is 19.8 Å². The van der Waals surface area contributed by atoms with Crippen molar-refractivity contribution < 1.29 is 18.7 Å². The minimum atomic E-state index is -0.664. The number of nitrogens with one attached hydrogen (secondary N) is 1. The summed E-state index contributed by atoms with van der Waals surface area (Å²) in [5.74, 6) is 1.15. The van der Waals surface area contributed by atoms with E-state index in [-0.39, 0.29) is 11.6 Å². The molecule has 3 aromatic rings. The molecule has 1 N–H and O–H groups in total. The van der Waals surface area contributed by atoms with Gasteiger partial charge in [-0.2, -0.15) is 0 Å². The fourth-order valence-electron chi connectivity index (χ4n) is 2.91. The van der Waals surface area contributed by atoms with Crippen LogP contribution in [0.3, 0.4) is 0 Å². The summed E-state index contributed by atoms with van der Waals surface area (Å²) < 4.78 is 16.4. The van der Waals surface area contributed by atoms with Gasteiger partial charge in [0, 0.05) is 5.39 Å². The number of fused-ring (bicyclic) bond motifs is 1. The summed E-state index contributed by atoms with van der Waals surface area (Å²) in [6.07, 6.45) is 0. The Morgan fingerprint density at radius 1 is 1.07 bits per heavy atom. The zero-order chi connectivity index (χ0) is 21.0. The van der Waals surface area contributed by atoms with Crippen LogP contribution >= 0.6 is 0 Å². The van der Waals surface area contributed by atoms with Gasteiger partial charge in [-0.25, -0.2) is 4.79 Å². The van der Waals surface area contributed by atoms with Crippen LogP contribution in [-0.4, -0.2) is 19.6 Å². The van der Waals surface area contributed by atoms with E-state index in [2.05, 4.69) is 19.2 Å². The van der Waals surface area contributed by atoms with E-state index in [1.807, 2.05) is 31.2 Å². The summed E-state index contributed by atoms with van der Waals surface area (Å²) in [5.41, 5.74) is 0.587. The first-order chi connectivity index (χ1) is 13.9. The molecule has 0 aliphatic carbocycles. The van der Waals surface area contributed by atoms with Crippen molar-refractivity contribution in [1.82, 2.24) is 5.32 Å². The molecule has 0 radical (unpaired) electrons. The zero-order valence-corrected chi connectivity index (χ0v) is 17.0. The minimum Gasteiger partial charge on any atom is -0.493 e. The van der Waals surface area contributed by atoms with Gasteiger partial charge in [0.25, 0.3) is 5.91 Å². The van der Waals surface area contributed by atoms with Gasteiger partial charge < -0.3 is 19.2 Å². The lowest BCUT2D eigenvalue weighted by Gasteiger charge is -2.17. The van der Waals surface area contributed by atoms with Gasteiger partial charge in [0.15, 0.2) is 11.5 Å². The van der Waals surface area contributed by atoms with E-state index in [1.54, 1.807) is 31.4 Å². The maximum absolute atomic E-state index is 12.7. The second-order valence-corrected chi connectivity index (χ2v) is 7.30. The number of carbonyl (C=O) groups excluding carboxylic acids is 1. The maximum Gasteiger partial charge on any atom is 0.349 e. The van der Waals surface area contributed by atoms with Gasteiger partial charge in [-0.05, 0) is 42.7 Å². The number of rotatable bonds is 7. The molecule has 0 aliphatic rings. The molecule has 0 aliphatic heterocycles. The van der Waals surface area contributed by atoms with Crippen LogP contribution in [0, 0.1) is 5.92 Å². The topological polar surface area (TPSA) is 77.8 Å². The molecule has 6 nitrogen and oxygen atoms in total. The number of amides is 1. The van der Waals surface area contributed by atoms with E-state index >= 15 is 0 Å². The first-order valence-corrected chi connectivity index (χ1v) is 9.53. The van der Waals surface area contributed by atoms with Crippen LogP contribution in [0.2, 0.25) is 0 Å². The molecule has 0 spiro atoms. The van der Waals surface area contributed by atoms with E-state index in [0.717, 1.165) is 5.56 Å². The predicted octanol–water partition coefficient (Wildman–Crippen LogP) is 4.33. The van der Waals surface area contributed by atoms with Crippen LogP contribution in [0.25, 0.3) is 11.0 Å². The largest absolute Gasteiger partial charge is 0.493 e. The van der Waals surface area contributed by atoms with Crippen LogP contribution in [0.15, 0.2) is 57.7 Å². The van der Waals surface area contributed by atoms with E-state index in [0.29, 0.717) is 35.0 Å². The van der Waals surface area contributed by atoms with Gasteiger partial charge >= 0.3 is 5.63 Å². The summed E-state index contributed by atoms with van der Waals surface area (Å²) in [7, 11) is 1.57. The number of ether oxygens (including phenoxy) is 2. The Kier molecular flexibility index (Phi) is 6.22. The molecule has 1 atom stereocenters. The van der Waals surface area contributed by atoms with Crippen molar-refractivity contribution in [3.8, 4) is 11.5 Å². The molecule has 1 amide bonds. The Balaban J connectivity index is 1.79. The molecule has 0 bridgehead atoms. The van der Waals surface area contributed by atoms with Crippen LogP contribution < -0.4 is 20.4 Å². The number of methoxy groups -OCH3 is 1. The van der Waals surface area contributed by atoms with Crippen molar-refractivity contribution in [3.05, 3.63) is 70.1 Å². The Morgan fingerprint density at radius 2 is 1.83 bits per heavy atom. The summed E-state index contributed by atoms with van der Waals surface area (Å²) >= 11 is 0. The Labute approximate surface area is 169 Å². The Bertz CT molecular complexity index is 1070. The van der Waals surface area contributed by atoms with Crippen molar-refractivity contribution in [3.63, 3.8) is 0 Å². The monoisotopic (exact) mass is 395 g/mol. The summed E-state index contributed by atoms with van der Waals surface area (Å²) in [6, 6.07) is 13.8. The minimum absolute atomic E-state index is 0.0283. The van der Waals surface area contributed by atoms with Gasteiger partial charge in [0.1, 0.15) is 11.1 Å². The predicted molar refractivity (Wildman–Crippen MR) is 112 cm³/mol. The Morgan fingerprint density at radius 3 is 2.55 bits per heavy atom. The van der Waals surface area contributed by atoms with Crippen LogP contribution in [0.1, 0.15) is 42.7 Å². The number of carbonyl (C=O) groups is 1. The highest BCUT2D eigenvalue weighted by atomic mass is 16.5. The lowest BCUT2D eigenvalue weighted by molar-refractivity contribution is 0.0936. The van der Waals surface area contributed by atoms with Crippen molar-refractivity contribution in [1.29, 1.82) is 0 Å². The van der Waals surface area contributed by atoms with Crippen molar-refractivity contribution in [2.45, 2.75) is 26.8 Å². The number of para-hydroxylation sites is 1.